The van der Waals surface area contributed by atoms with Crippen molar-refractivity contribution < 1.29 is 14.6 Å². The van der Waals surface area contributed by atoms with Crippen molar-refractivity contribution in [1.29, 1.82) is 0 Å². The highest BCUT2D eigenvalue weighted by Gasteiger charge is 2.42. The quantitative estimate of drug-likeness (QED) is 0.808. The van der Waals surface area contributed by atoms with Crippen LogP contribution >= 0.6 is 11.7 Å². The number of fused-ring (bicyclic) bond motifs is 2. The molecule has 4 rings (SSSR count). The summed E-state index contributed by atoms with van der Waals surface area (Å²) in [5.41, 5.74) is 0.910. The Morgan fingerprint density at radius 1 is 1.08 bits per heavy atom. The normalized spacial score (nSPS) is 28.7. The number of aliphatic hydroxyl groups excluding tert-OH is 1. The maximum atomic E-state index is 10.0. The third-order valence-electron chi connectivity index (χ3n) is 4.82. The minimum absolute atomic E-state index is 0.203. The third kappa shape index (κ3) is 3.24. The summed E-state index contributed by atoms with van der Waals surface area (Å²) >= 11 is 1.19. The van der Waals surface area contributed by atoms with Gasteiger partial charge in [-0.25, -0.2) is 0 Å². The highest BCUT2D eigenvalue weighted by Crippen LogP contribution is 2.41. The lowest BCUT2D eigenvalue weighted by atomic mass is 9.93. The van der Waals surface area contributed by atoms with Crippen LogP contribution in [0.5, 0.6) is 11.6 Å². The largest absolute Gasteiger partial charge is 0.490 e. The Labute approximate surface area is 145 Å². The first-order chi connectivity index (χ1) is 11.8. The van der Waals surface area contributed by atoms with Crippen molar-refractivity contribution in [3.8, 4) is 11.6 Å². The van der Waals surface area contributed by atoms with Crippen molar-refractivity contribution in [3.63, 3.8) is 0 Å². The van der Waals surface area contributed by atoms with Gasteiger partial charge in [0.1, 0.15) is 24.7 Å². The van der Waals surface area contributed by atoms with Crippen LogP contribution in [0.2, 0.25) is 0 Å². The predicted molar refractivity (Wildman–Crippen MR) is 90.4 cm³/mol. The molecular formula is C17H21N3O3S. The average molecular weight is 347 g/mol. The van der Waals surface area contributed by atoms with E-state index < -0.39 is 0 Å². The molecule has 0 aliphatic carbocycles. The first kappa shape index (κ1) is 15.8. The summed E-state index contributed by atoms with van der Waals surface area (Å²) in [5.74, 6) is 1.86. The minimum Gasteiger partial charge on any atom is -0.490 e. The molecule has 2 aliphatic rings. The van der Waals surface area contributed by atoms with Gasteiger partial charge in [-0.2, -0.15) is 4.37 Å². The lowest BCUT2D eigenvalue weighted by molar-refractivity contribution is 0.144. The van der Waals surface area contributed by atoms with Crippen LogP contribution in [0.3, 0.4) is 0 Å². The standard InChI is InChI=1S/C17H21N3O3S/c21-15-11-20-10-12(15)6-7-14(20)16-17(19-24-18-16)23-9-8-22-13-4-2-1-3-5-13/h1-5,12,14-15,21H,6-11H2. The highest BCUT2D eigenvalue weighted by atomic mass is 32.1. The molecule has 1 aromatic heterocycles. The fraction of sp³-hybridized carbons (Fsp3) is 0.529. The molecule has 128 valence electrons. The van der Waals surface area contributed by atoms with E-state index in [1.54, 1.807) is 0 Å². The first-order valence-electron chi connectivity index (χ1n) is 8.36. The summed E-state index contributed by atoms with van der Waals surface area (Å²) in [4.78, 5) is 2.31. The summed E-state index contributed by atoms with van der Waals surface area (Å²) in [7, 11) is 0. The minimum atomic E-state index is -0.203. The van der Waals surface area contributed by atoms with Crippen LogP contribution < -0.4 is 9.47 Å². The second kappa shape index (κ2) is 7.04. The first-order valence-corrected chi connectivity index (χ1v) is 9.09. The summed E-state index contributed by atoms with van der Waals surface area (Å²) < 4.78 is 20.2. The van der Waals surface area contributed by atoms with E-state index in [1.165, 1.54) is 11.7 Å². The van der Waals surface area contributed by atoms with Crippen LogP contribution in [0, 0.1) is 5.92 Å². The number of hydrogen-bond donors (Lipinski definition) is 1. The van der Waals surface area contributed by atoms with Crippen molar-refractivity contribution in [1.82, 2.24) is 13.6 Å². The van der Waals surface area contributed by atoms with Crippen molar-refractivity contribution >= 4 is 11.7 Å². The Morgan fingerprint density at radius 3 is 2.79 bits per heavy atom. The Hall–Kier alpha value is -1.70. The maximum absolute atomic E-state index is 10.0. The molecule has 24 heavy (non-hydrogen) atoms. The van der Waals surface area contributed by atoms with E-state index in [0.29, 0.717) is 25.0 Å². The Morgan fingerprint density at radius 2 is 1.92 bits per heavy atom. The SMILES string of the molecule is OC1CN2CC1CCC2c1nsnc1OCCOc1ccccc1. The number of ether oxygens (including phenoxy) is 2. The van der Waals surface area contributed by atoms with Gasteiger partial charge in [0.25, 0.3) is 5.88 Å². The molecule has 2 saturated heterocycles. The van der Waals surface area contributed by atoms with E-state index in [0.717, 1.165) is 37.4 Å². The lowest BCUT2D eigenvalue weighted by Crippen LogP contribution is -2.31. The summed E-state index contributed by atoms with van der Waals surface area (Å²) in [6.07, 6.45) is 1.84. The number of benzene rings is 1. The van der Waals surface area contributed by atoms with Gasteiger partial charge < -0.3 is 14.6 Å². The molecule has 2 aromatic rings. The maximum Gasteiger partial charge on any atom is 0.250 e. The third-order valence-corrected chi connectivity index (χ3v) is 5.34. The van der Waals surface area contributed by atoms with Crippen LogP contribution in [0.1, 0.15) is 24.6 Å². The molecule has 6 nitrogen and oxygen atoms in total. The van der Waals surface area contributed by atoms with Crippen molar-refractivity contribution in [2.45, 2.75) is 25.0 Å². The van der Waals surface area contributed by atoms with Crippen LogP contribution in [0.15, 0.2) is 30.3 Å². The fourth-order valence-electron chi connectivity index (χ4n) is 3.59. The molecule has 1 aromatic carbocycles. The van der Waals surface area contributed by atoms with E-state index in [-0.39, 0.29) is 12.1 Å². The second-order valence-corrected chi connectivity index (χ2v) is 6.87. The number of nitrogens with zero attached hydrogens (tertiary/aromatic N) is 3. The monoisotopic (exact) mass is 347 g/mol. The molecule has 2 aliphatic heterocycles. The molecule has 7 heteroatoms. The molecule has 0 spiro atoms. The molecule has 4 atom stereocenters. The molecule has 0 amide bonds. The van der Waals surface area contributed by atoms with Crippen LogP contribution in [-0.2, 0) is 0 Å². The molecule has 0 radical (unpaired) electrons. The molecule has 3 heterocycles. The number of hydrogen-bond acceptors (Lipinski definition) is 7. The summed E-state index contributed by atoms with van der Waals surface area (Å²) in [5, 5.41) is 10.0. The molecule has 0 saturated carbocycles. The Balaban J connectivity index is 1.33. The summed E-state index contributed by atoms with van der Waals surface area (Å²) in [6, 6.07) is 9.90. The van der Waals surface area contributed by atoms with Gasteiger partial charge in [0, 0.05) is 13.1 Å². The molecule has 2 bridgehead atoms. The predicted octanol–water partition coefficient (Wildman–Crippen LogP) is 2.12. The number of aromatic nitrogens is 2. The van der Waals surface area contributed by atoms with E-state index >= 15 is 0 Å². The lowest BCUT2D eigenvalue weighted by Gasteiger charge is -2.30. The summed E-state index contributed by atoms with van der Waals surface area (Å²) in [6.45, 7) is 2.57. The zero-order valence-corrected chi connectivity index (χ0v) is 14.2. The van der Waals surface area contributed by atoms with Gasteiger partial charge in [0.05, 0.1) is 23.9 Å². The van der Waals surface area contributed by atoms with E-state index in [2.05, 4.69) is 13.6 Å². The van der Waals surface area contributed by atoms with E-state index in [9.17, 15) is 5.11 Å². The van der Waals surface area contributed by atoms with Crippen LogP contribution in [0.25, 0.3) is 0 Å². The van der Waals surface area contributed by atoms with Crippen LogP contribution in [0.4, 0.5) is 0 Å². The van der Waals surface area contributed by atoms with Crippen molar-refractivity contribution in [2.75, 3.05) is 26.3 Å². The van der Waals surface area contributed by atoms with Gasteiger partial charge in [0.2, 0.25) is 0 Å². The number of piperidine rings is 1. The molecule has 2 fully saturated rings. The van der Waals surface area contributed by atoms with Gasteiger partial charge in [-0.05, 0) is 30.9 Å². The van der Waals surface area contributed by atoms with Gasteiger partial charge >= 0.3 is 0 Å². The topological polar surface area (TPSA) is 67.7 Å². The Bertz CT molecular complexity index is 664. The smallest absolute Gasteiger partial charge is 0.250 e. The highest BCUT2D eigenvalue weighted by molar-refractivity contribution is 6.99. The second-order valence-electron chi connectivity index (χ2n) is 6.34. The van der Waals surface area contributed by atoms with Gasteiger partial charge in [-0.3, -0.25) is 4.90 Å². The van der Waals surface area contributed by atoms with Gasteiger partial charge in [0.15, 0.2) is 0 Å². The van der Waals surface area contributed by atoms with E-state index in [1.807, 2.05) is 30.3 Å². The van der Waals surface area contributed by atoms with Crippen LogP contribution in [-0.4, -0.2) is 51.2 Å². The van der Waals surface area contributed by atoms with Gasteiger partial charge in [-0.1, -0.05) is 18.2 Å². The van der Waals surface area contributed by atoms with Crippen molar-refractivity contribution in [3.05, 3.63) is 36.0 Å². The Kier molecular flexibility index (Phi) is 4.64. The molecule has 4 unspecified atom stereocenters. The molecule has 1 N–H and O–H groups in total. The number of para-hydroxylation sites is 1. The van der Waals surface area contributed by atoms with Gasteiger partial charge in [-0.15, -0.1) is 4.37 Å². The molecular weight excluding hydrogens is 326 g/mol. The van der Waals surface area contributed by atoms with Crippen molar-refractivity contribution in [2.24, 2.45) is 5.92 Å². The zero-order chi connectivity index (χ0) is 16.4. The number of aliphatic hydroxyl groups is 1. The fourth-order valence-corrected chi connectivity index (χ4v) is 4.14. The van der Waals surface area contributed by atoms with E-state index in [4.69, 9.17) is 9.47 Å². The number of rotatable bonds is 6. The average Bonchev–Trinajstić information content (AvgIpc) is 3.18. The zero-order valence-electron chi connectivity index (χ0n) is 13.4.